The highest BCUT2D eigenvalue weighted by Crippen LogP contribution is 2.12. The summed E-state index contributed by atoms with van der Waals surface area (Å²) in [6, 6.07) is 8.87. The van der Waals surface area contributed by atoms with Crippen molar-refractivity contribution in [3.8, 4) is 5.75 Å². The summed E-state index contributed by atoms with van der Waals surface area (Å²) in [6.45, 7) is 7.25. The van der Waals surface area contributed by atoms with Crippen molar-refractivity contribution < 1.29 is 23.9 Å². The molecule has 0 aromatic heterocycles. The van der Waals surface area contributed by atoms with Crippen molar-refractivity contribution in [3.05, 3.63) is 30.3 Å². The molecular weight excluding hydrogens is 350 g/mol. The number of hydrogen-bond donors (Lipinski definition) is 1. The highest BCUT2D eigenvalue weighted by molar-refractivity contribution is 5.78. The molecule has 0 unspecified atom stereocenters. The number of para-hydroxylation sites is 1. The molecule has 1 aromatic carbocycles. The number of piperazine rings is 1. The number of carbonyl (C=O) groups excluding carboxylic acids is 3. The van der Waals surface area contributed by atoms with Crippen LogP contribution in [0.1, 0.15) is 27.2 Å². The Morgan fingerprint density at radius 1 is 1.00 bits per heavy atom. The number of hydrogen-bond acceptors (Lipinski definition) is 5. The number of rotatable bonds is 4. The van der Waals surface area contributed by atoms with E-state index in [0.717, 1.165) is 0 Å². The molecule has 0 radical (unpaired) electrons. The van der Waals surface area contributed by atoms with E-state index >= 15 is 0 Å². The molecule has 1 heterocycles. The van der Waals surface area contributed by atoms with E-state index in [9.17, 15) is 14.4 Å². The van der Waals surface area contributed by atoms with Crippen molar-refractivity contribution in [2.75, 3.05) is 32.7 Å². The van der Waals surface area contributed by atoms with Crippen LogP contribution < -0.4 is 10.1 Å². The second kappa shape index (κ2) is 9.25. The Morgan fingerprint density at radius 2 is 1.59 bits per heavy atom. The molecule has 0 bridgehead atoms. The molecule has 0 saturated carbocycles. The predicted molar refractivity (Wildman–Crippen MR) is 99.5 cm³/mol. The molecule has 1 aliphatic heterocycles. The van der Waals surface area contributed by atoms with Gasteiger partial charge >= 0.3 is 12.2 Å². The molecule has 8 heteroatoms. The Bertz CT molecular complexity index is 649. The van der Waals surface area contributed by atoms with Gasteiger partial charge in [-0.3, -0.25) is 4.79 Å². The summed E-state index contributed by atoms with van der Waals surface area (Å²) in [5.74, 6) is 0.427. The van der Waals surface area contributed by atoms with Gasteiger partial charge in [-0.15, -0.1) is 0 Å². The van der Waals surface area contributed by atoms with Gasteiger partial charge in [-0.05, 0) is 32.9 Å². The minimum atomic E-state index is -0.571. The van der Waals surface area contributed by atoms with Crippen LogP contribution in [0, 0.1) is 0 Å². The first-order chi connectivity index (χ1) is 12.7. The third-order valence-corrected chi connectivity index (χ3v) is 3.85. The molecule has 3 amide bonds. The summed E-state index contributed by atoms with van der Waals surface area (Å²) in [5, 5.41) is 2.57. The van der Waals surface area contributed by atoms with Gasteiger partial charge in [-0.1, -0.05) is 18.2 Å². The maximum absolute atomic E-state index is 12.2. The smallest absolute Gasteiger partial charge is 0.415 e. The molecule has 1 N–H and O–H groups in total. The molecule has 0 aliphatic carbocycles. The topological polar surface area (TPSA) is 88.2 Å². The number of nitrogens with one attached hydrogen (secondary N) is 1. The summed E-state index contributed by atoms with van der Waals surface area (Å²) in [6.07, 6.45) is -0.767. The van der Waals surface area contributed by atoms with Crippen LogP contribution in [-0.4, -0.2) is 66.2 Å². The van der Waals surface area contributed by atoms with Gasteiger partial charge < -0.3 is 24.6 Å². The van der Waals surface area contributed by atoms with Crippen molar-refractivity contribution in [3.63, 3.8) is 0 Å². The SMILES string of the molecule is CC(C)(C)OC(=O)NCCC(=O)N1CCN(C(=O)Oc2ccccc2)CC1. The third kappa shape index (κ3) is 7.16. The van der Waals surface area contributed by atoms with Gasteiger partial charge in [-0.25, -0.2) is 9.59 Å². The number of alkyl carbamates (subject to hydrolysis) is 1. The van der Waals surface area contributed by atoms with Gasteiger partial charge in [0.25, 0.3) is 0 Å². The van der Waals surface area contributed by atoms with Crippen LogP contribution in [0.25, 0.3) is 0 Å². The zero-order valence-corrected chi connectivity index (χ0v) is 16.1. The molecule has 8 nitrogen and oxygen atoms in total. The first-order valence-corrected chi connectivity index (χ1v) is 9.01. The minimum Gasteiger partial charge on any atom is -0.444 e. The minimum absolute atomic E-state index is 0.0675. The normalized spacial score (nSPS) is 14.5. The molecule has 1 saturated heterocycles. The van der Waals surface area contributed by atoms with Crippen molar-refractivity contribution in [1.29, 1.82) is 0 Å². The fraction of sp³-hybridized carbons (Fsp3) is 0.526. The molecule has 1 aromatic rings. The van der Waals surface area contributed by atoms with Crippen LogP contribution in [0.4, 0.5) is 9.59 Å². The fourth-order valence-electron chi connectivity index (χ4n) is 2.54. The predicted octanol–water partition coefficient (Wildman–Crippen LogP) is 2.24. The molecule has 1 fully saturated rings. The summed E-state index contributed by atoms with van der Waals surface area (Å²) >= 11 is 0. The molecule has 1 aliphatic rings. The van der Waals surface area contributed by atoms with E-state index in [-0.39, 0.29) is 18.9 Å². The Labute approximate surface area is 159 Å². The summed E-state index contributed by atoms with van der Waals surface area (Å²) in [4.78, 5) is 39.2. The van der Waals surface area contributed by atoms with Crippen molar-refractivity contribution >= 4 is 18.1 Å². The number of nitrogens with zero attached hydrogens (tertiary/aromatic N) is 2. The van der Waals surface area contributed by atoms with E-state index in [1.165, 1.54) is 0 Å². The van der Waals surface area contributed by atoms with Crippen LogP contribution >= 0.6 is 0 Å². The molecule has 0 spiro atoms. The molecule has 2 rings (SSSR count). The van der Waals surface area contributed by atoms with Crippen molar-refractivity contribution in [2.24, 2.45) is 0 Å². The quantitative estimate of drug-likeness (QED) is 0.869. The summed E-state index contributed by atoms with van der Waals surface area (Å²) in [5.41, 5.74) is -0.571. The number of ether oxygens (including phenoxy) is 2. The Hall–Kier alpha value is -2.77. The monoisotopic (exact) mass is 377 g/mol. The lowest BCUT2D eigenvalue weighted by Gasteiger charge is -2.34. The van der Waals surface area contributed by atoms with E-state index in [1.807, 2.05) is 6.07 Å². The number of carbonyl (C=O) groups is 3. The largest absolute Gasteiger partial charge is 0.444 e. The second-order valence-corrected chi connectivity index (χ2v) is 7.23. The van der Waals surface area contributed by atoms with Crippen molar-refractivity contribution in [1.82, 2.24) is 15.1 Å². The summed E-state index contributed by atoms with van der Waals surface area (Å²) < 4.78 is 10.4. The number of amides is 3. The lowest BCUT2D eigenvalue weighted by Crippen LogP contribution is -2.51. The average molecular weight is 377 g/mol. The number of benzene rings is 1. The lowest BCUT2D eigenvalue weighted by molar-refractivity contribution is -0.132. The highest BCUT2D eigenvalue weighted by atomic mass is 16.6. The van der Waals surface area contributed by atoms with Gasteiger partial charge in [0, 0.05) is 39.1 Å². The van der Waals surface area contributed by atoms with E-state index in [2.05, 4.69) is 5.32 Å². The van der Waals surface area contributed by atoms with E-state index in [1.54, 1.807) is 54.8 Å². The zero-order valence-electron chi connectivity index (χ0n) is 16.1. The van der Waals surface area contributed by atoms with Crippen LogP contribution in [0.5, 0.6) is 5.75 Å². The van der Waals surface area contributed by atoms with Crippen LogP contribution in [0.3, 0.4) is 0 Å². The molecular formula is C19H27N3O5. The van der Waals surface area contributed by atoms with Crippen LogP contribution in [0.2, 0.25) is 0 Å². The van der Waals surface area contributed by atoms with E-state index < -0.39 is 17.8 Å². The van der Waals surface area contributed by atoms with E-state index in [0.29, 0.717) is 31.9 Å². The van der Waals surface area contributed by atoms with Crippen LogP contribution in [-0.2, 0) is 9.53 Å². The summed E-state index contributed by atoms with van der Waals surface area (Å²) in [7, 11) is 0. The van der Waals surface area contributed by atoms with Crippen LogP contribution in [0.15, 0.2) is 30.3 Å². The lowest BCUT2D eigenvalue weighted by atomic mass is 10.2. The van der Waals surface area contributed by atoms with Gasteiger partial charge in [0.1, 0.15) is 11.4 Å². The van der Waals surface area contributed by atoms with Gasteiger partial charge in [-0.2, -0.15) is 0 Å². The van der Waals surface area contributed by atoms with Crippen molar-refractivity contribution in [2.45, 2.75) is 32.8 Å². The Kier molecular flexibility index (Phi) is 7.04. The first kappa shape index (κ1) is 20.5. The Balaban J connectivity index is 1.68. The molecule has 27 heavy (non-hydrogen) atoms. The molecule has 0 atom stereocenters. The maximum atomic E-state index is 12.2. The second-order valence-electron chi connectivity index (χ2n) is 7.23. The fourth-order valence-corrected chi connectivity index (χ4v) is 2.54. The maximum Gasteiger partial charge on any atom is 0.415 e. The molecule has 148 valence electrons. The standard InChI is InChI=1S/C19H27N3O5/c1-19(2,3)27-17(24)20-10-9-16(23)21-11-13-22(14-12-21)18(25)26-15-7-5-4-6-8-15/h4-8H,9-14H2,1-3H3,(H,20,24). The first-order valence-electron chi connectivity index (χ1n) is 9.01. The van der Waals surface area contributed by atoms with E-state index in [4.69, 9.17) is 9.47 Å². The highest BCUT2D eigenvalue weighted by Gasteiger charge is 2.25. The average Bonchev–Trinajstić information content (AvgIpc) is 2.61. The van der Waals surface area contributed by atoms with Gasteiger partial charge in [0.2, 0.25) is 5.91 Å². The zero-order chi connectivity index (χ0) is 19.9. The third-order valence-electron chi connectivity index (χ3n) is 3.85. The van der Waals surface area contributed by atoms with Gasteiger partial charge in [0.05, 0.1) is 0 Å². The Morgan fingerprint density at radius 3 is 2.19 bits per heavy atom. The van der Waals surface area contributed by atoms with Gasteiger partial charge in [0.15, 0.2) is 0 Å².